The lowest BCUT2D eigenvalue weighted by atomic mass is 9.84. The molecule has 0 amide bonds. The average Bonchev–Trinajstić information content (AvgIpc) is 2.45. The van der Waals surface area contributed by atoms with Crippen LogP contribution in [0, 0.1) is 5.82 Å². The van der Waals surface area contributed by atoms with E-state index in [2.05, 4.69) is 13.0 Å². The Morgan fingerprint density at radius 2 is 1.95 bits per heavy atom. The van der Waals surface area contributed by atoms with Crippen molar-refractivity contribution in [2.24, 2.45) is 0 Å². The van der Waals surface area contributed by atoms with Gasteiger partial charge in [0.1, 0.15) is 5.82 Å². The third-order valence-corrected chi connectivity index (χ3v) is 4.14. The van der Waals surface area contributed by atoms with Gasteiger partial charge in [0, 0.05) is 0 Å². The predicted octanol–water partition coefficient (Wildman–Crippen LogP) is 5.99. The van der Waals surface area contributed by atoms with Gasteiger partial charge in [-0.1, -0.05) is 43.5 Å². The zero-order valence-corrected chi connectivity index (χ0v) is 12.0. The van der Waals surface area contributed by atoms with Gasteiger partial charge in [0.25, 0.3) is 0 Å². The summed E-state index contributed by atoms with van der Waals surface area (Å²) in [5, 5.41) is 0. The number of halogens is 1. The summed E-state index contributed by atoms with van der Waals surface area (Å²) in [6.45, 7) is 2.24. The van der Waals surface area contributed by atoms with Crippen molar-refractivity contribution < 1.29 is 4.39 Å². The molecule has 0 aliphatic heterocycles. The maximum Gasteiger partial charge on any atom is 0.123 e. The largest absolute Gasteiger partial charge is 0.207 e. The van der Waals surface area contributed by atoms with Gasteiger partial charge in [0.05, 0.1) is 0 Å². The van der Waals surface area contributed by atoms with Crippen molar-refractivity contribution in [2.45, 2.75) is 64.2 Å². The van der Waals surface area contributed by atoms with Crippen LogP contribution in [0.4, 0.5) is 4.39 Å². The van der Waals surface area contributed by atoms with E-state index in [0.29, 0.717) is 5.92 Å². The number of rotatable bonds is 6. The molecule has 1 atom stereocenters. The van der Waals surface area contributed by atoms with Crippen LogP contribution >= 0.6 is 0 Å². The van der Waals surface area contributed by atoms with Crippen LogP contribution in [-0.2, 0) is 0 Å². The van der Waals surface area contributed by atoms with Gasteiger partial charge in [0.15, 0.2) is 0 Å². The standard InChI is InChI=1S/C18H25F/c1-2-3-9-17(14-15-7-5-4-6-8-15)16-10-12-18(19)13-11-16/h7,10-13,17H,2-6,8-9,14H2,1H3. The Bertz CT molecular complexity index is 402. The first-order valence-electron chi connectivity index (χ1n) is 7.73. The van der Waals surface area contributed by atoms with Gasteiger partial charge in [0.2, 0.25) is 0 Å². The number of unbranched alkanes of at least 4 members (excludes halogenated alkanes) is 1. The normalized spacial score (nSPS) is 17.1. The van der Waals surface area contributed by atoms with Crippen LogP contribution in [0.5, 0.6) is 0 Å². The summed E-state index contributed by atoms with van der Waals surface area (Å²) in [6, 6.07) is 7.14. The highest BCUT2D eigenvalue weighted by molar-refractivity contribution is 5.23. The second-order valence-electron chi connectivity index (χ2n) is 5.70. The topological polar surface area (TPSA) is 0 Å². The monoisotopic (exact) mass is 260 g/mol. The first-order valence-corrected chi connectivity index (χ1v) is 7.73. The Morgan fingerprint density at radius 1 is 1.16 bits per heavy atom. The minimum atomic E-state index is -0.130. The molecule has 19 heavy (non-hydrogen) atoms. The Labute approximate surface area is 116 Å². The van der Waals surface area contributed by atoms with E-state index in [0.717, 1.165) is 0 Å². The molecule has 0 saturated carbocycles. The van der Waals surface area contributed by atoms with Crippen LogP contribution < -0.4 is 0 Å². The van der Waals surface area contributed by atoms with Crippen molar-refractivity contribution in [3.63, 3.8) is 0 Å². The summed E-state index contributed by atoms with van der Waals surface area (Å²) in [5.41, 5.74) is 2.93. The number of hydrogen-bond donors (Lipinski definition) is 0. The fraction of sp³-hybridized carbons (Fsp3) is 0.556. The first-order chi connectivity index (χ1) is 9.29. The summed E-state index contributed by atoms with van der Waals surface area (Å²) in [4.78, 5) is 0. The number of benzene rings is 1. The molecule has 1 aromatic rings. The van der Waals surface area contributed by atoms with Crippen molar-refractivity contribution in [1.29, 1.82) is 0 Å². The lowest BCUT2D eigenvalue weighted by molar-refractivity contribution is 0.554. The summed E-state index contributed by atoms with van der Waals surface area (Å²) in [5.74, 6) is 0.444. The molecule has 1 heteroatoms. The minimum Gasteiger partial charge on any atom is -0.207 e. The van der Waals surface area contributed by atoms with Gasteiger partial charge >= 0.3 is 0 Å². The molecule has 2 rings (SSSR count). The lowest BCUT2D eigenvalue weighted by Crippen LogP contribution is -2.03. The summed E-state index contributed by atoms with van der Waals surface area (Å²) >= 11 is 0. The average molecular weight is 260 g/mol. The quantitative estimate of drug-likeness (QED) is 0.551. The molecule has 0 spiro atoms. The van der Waals surface area contributed by atoms with Gasteiger partial charge in [-0.25, -0.2) is 4.39 Å². The van der Waals surface area contributed by atoms with E-state index in [1.807, 2.05) is 12.1 Å². The van der Waals surface area contributed by atoms with Gasteiger partial charge in [-0.05, 0) is 62.1 Å². The highest BCUT2D eigenvalue weighted by atomic mass is 19.1. The third kappa shape index (κ3) is 4.49. The van der Waals surface area contributed by atoms with Crippen LogP contribution in [0.2, 0.25) is 0 Å². The minimum absolute atomic E-state index is 0.130. The van der Waals surface area contributed by atoms with Crippen molar-refractivity contribution in [3.05, 3.63) is 47.3 Å². The molecule has 104 valence electrons. The molecule has 0 aromatic heterocycles. The highest BCUT2D eigenvalue weighted by Gasteiger charge is 2.14. The van der Waals surface area contributed by atoms with E-state index in [1.54, 1.807) is 17.7 Å². The van der Waals surface area contributed by atoms with Crippen molar-refractivity contribution in [2.75, 3.05) is 0 Å². The van der Waals surface area contributed by atoms with Crippen LogP contribution in [-0.4, -0.2) is 0 Å². The maximum absolute atomic E-state index is 13.0. The van der Waals surface area contributed by atoms with E-state index in [4.69, 9.17) is 0 Å². The van der Waals surface area contributed by atoms with Crippen LogP contribution in [0.3, 0.4) is 0 Å². The van der Waals surface area contributed by atoms with E-state index < -0.39 is 0 Å². The third-order valence-electron chi connectivity index (χ3n) is 4.14. The second kappa shape index (κ2) is 7.47. The number of allylic oxidation sites excluding steroid dienone is 2. The lowest BCUT2D eigenvalue weighted by Gasteiger charge is -2.21. The molecule has 1 aromatic carbocycles. The molecular formula is C18H25F. The zero-order valence-electron chi connectivity index (χ0n) is 12.0. The Hall–Kier alpha value is -1.11. The van der Waals surface area contributed by atoms with E-state index in [9.17, 15) is 4.39 Å². The molecule has 0 saturated heterocycles. The van der Waals surface area contributed by atoms with Crippen molar-refractivity contribution in [1.82, 2.24) is 0 Å². The molecule has 0 bridgehead atoms. The molecule has 1 aliphatic carbocycles. The highest BCUT2D eigenvalue weighted by Crippen LogP contribution is 2.32. The predicted molar refractivity (Wildman–Crippen MR) is 79.8 cm³/mol. The van der Waals surface area contributed by atoms with E-state index >= 15 is 0 Å². The summed E-state index contributed by atoms with van der Waals surface area (Å²) in [7, 11) is 0. The maximum atomic E-state index is 13.0. The summed E-state index contributed by atoms with van der Waals surface area (Å²) < 4.78 is 13.0. The van der Waals surface area contributed by atoms with Crippen LogP contribution in [0.15, 0.2) is 35.9 Å². The van der Waals surface area contributed by atoms with Gasteiger partial charge in [-0.15, -0.1) is 0 Å². The van der Waals surface area contributed by atoms with Gasteiger partial charge in [-0.3, -0.25) is 0 Å². The van der Waals surface area contributed by atoms with Crippen molar-refractivity contribution in [3.8, 4) is 0 Å². The Kier molecular flexibility index (Phi) is 5.62. The van der Waals surface area contributed by atoms with Gasteiger partial charge in [-0.2, -0.15) is 0 Å². The Morgan fingerprint density at radius 3 is 2.58 bits per heavy atom. The molecule has 0 N–H and O–H groups in total. The zero-order chi connectivity index (χ0) is 13.5. The van der Waals surface area contributed by atoms with E-state index in [-0.39, 0.29) is 5.82 Å². The second-order valence-corrected chi connectivity index (χ2v) is 5.70. The van der Waals surface area contributed by atoms with Crippen molar-refractivity contribution >= 4 is 0 Å². The molecular weight excluding hydrogens is 235 g/mol. The SMILES string of the molecule is CCCCC(CC1=CCCCC1)c1ccc(F)cc1. The molecule has 1 unspecified atom stereocenters. The van der Waals surface area contributed by atoms with Gasteiger partial charge < -0.3 is 0 Å². The van der Waals surface area contributed by atoms with Crippen LogP contribution in [0.1, 0.15) is 69.8 Å². The fourth-order valence-electron chi connectivity index (χ4n) is 2.98. The Balaban J connectivity index is 2.06. The first kappa shape index (κ1) is 14.3. The number of hydrogen-bond acceptors (Lipinski definition) is 0. The molecule has 0 nitrogen and oxygen atoms in total. The molecule has 1 aliphatic rings. The smallest absolute Gasteiger partial charge is 0.123 e. The summed E-state index contributed by atoms with van der Waals surface area (Å²) in [6.07, 6.45) is 12.5. The molecule has 0 radical (unpaired) electrons. The molecule has 0 heterocycles. The molecule has 0 fully saturated rings. The van der Waals surface area contributed by atoms with Crippen LogP contribution in [0.25, 0.3) is 0 Å². The fourth-order valence-corrected chi connectivity index (χ4v) is 2.98. The van der Waals surface area contributed by atoms with E-state index in [1.165, 1.54) is 56.9 Å².